The van der Waals surface area contributed by atoms with Crippen molar-refractivity contribution in [2.24, 2.45) is 5.73 Å². The van der Waals surface area contributed by atoms with Gasteiger partial charge in [0.1, 0.15) is 4.99 Å². The van der Waals surface area contributed by atoms with E-state index in [2.05, 4.69) is 0 Å². The number of hydrogen-bond acceptors (Lipinski definition) is 2. The Kier molecular flexibility index (Phi) is 4.85. The Labute approximate surface area is 128 Å². The Balaban J connectivity index is 2.14. The molecule has 0 saturated heterocycles. The number of nitrogens with two attached hydrogens (primary N) is 1. The first-order valence-electron chi connectivity index (χ1n) is 6.53. The van der Waals surface area contributed by atoms with Crippen LogP contribution in [-0.2, 0) is 6.42 Å². The predicted molar refractivity (Wildman–Crippen MR) is 85.7 cm³/mol. The molecule has 0 atom stereocenters. The lowest BCUT2D eigenvalue weighted by Crippen LogP contribution is -2.23. The van der Waals surface area contributed by atoms with E-state index in [4.69, 9.17) is 18.0 Å². The highest BCUT2D eigenvalue weighted by atomic mass is 32.1. The predicted octanol–water partition coefficient (Wildman–Crippen LogP) is 3.28. The SMILES string of the molecule is CN(CCc1ccccc1)c1ccc(C(N)=S)c(F)c1F. The molecule has 0 spiro atoms. The molecule has 5 heteroatoms. The van der Waals surface area contributed by atoms with E-state index in [-0.39, 0.29) is 16.2 Å². The second-order valence-electron chi connectivity index (χ2n) is 4.78. The van der Waals surface area contributed by atoms with E-state index in [1.807, 2.05) is 30.3 Å². The fourth-order valence-corrected chi connectivity index (χ4v) is 2.24. The van der Waals surface area contributed by atoms with E-state index >= 15 is 0 Å². The quantitative estimate of drug-likeness (QED) is 0.860. The monoisotopic (exact) mass is 306 g/mol. The van der Waals surface area contributed by atoms with Crippen molar-refractivity contribution in [3.8, 4) is 0 Å². The van der Waals surface area contributed by atoms with Crippen LogP contribution in [0, 0.1) is 11.6 Å². The summed E-state index contributed by atoms with van der Waals surface area (Å²) in [7, 11) is 1.72. The van der Waals surface area contributed by atoms with Gasteiger partial charge in [0.15, 0.2) is 11.6 Å². The molecule has 0 unspecified atom stereocenters. The van der Waals surface area contributed by atoms with Gasteiger partial charge in [0.2, 0.25) is 0 Å². The van der Waals surface area contributed by atoms with Gasteiger partial charge in [-0.25, -0.2) is 8.78 Å². The van der Waals surface area contributed by atoms with E-state index in [0.717, 1.165) is 12.0 Å². The Hall–Kier alpha value is -2.01. The number of nitrogens with zero attached hydrogens (tertiary/aromatic N) is 1. The molecule has 2 rings (SSSR count). The minimum atomic E-state index is -0.994. The van der Waals surface area contributed by atoms with Gasteiger partial charge in [-0.3, -0.25) is 0 Å². The molecular formula is C16H16F2N2S. The maximum atomic E-state index is 14.1. The van der Waals surface area contributed by atoms with Gasteiger partial charge in [-0.2, -0.15) is 0 Å². The number of thiocarbonyl (C=S) groups is 1. The number of likely N-dealkylation sites (N-methyl/N-ethyl adjacent to an activating group) is 1. The first-order valence-corrected chi connectivity index (χ1v) is 6.94. The molecule has 0 amide bonds. The van der Waals surface area contributed by atoms with Crippen LogP contribution in [0.25, 0.3) is 0 Å². The number of halogens is 2. The summed E-state index contributed by atoms with van der Waals surface area (Å²) in [6.45, 7) is 0.576. The molecule has 0 radical (unpaired) electrons. The van der Waals surface area contributed by atoms with Gasteiger partial charge in [-0.15, -0.1) is 0 Å². The Morgan fingerprint density at radius 3 is 2.38 bits per heavy atom. The molecule has 0 aliphatic rings. The van der Waals surface area contributed by atoms with Gasteiger partial charge in [-0.1, -0.05) is 42.5 Å². The van der Waals surface area contributed by atoms with Gasteiger partial charge in [-0.05, 0) is 24.1 Å². The van der Waals surface area contributed by atoms with Crippen molar-refractivity contribution in [1.82, 2.24) is 0 Å². The first-order chi connectivity index (χ1) is 10.0. The van der Waals surface area contributed by atoms with E-state index in [9.17, 15) is 8.78 Å². The molecule has 0 bridgehead atoms. The van der Waals surface area contributed by atoms with Crippen molar-refractivity contribution < 1.29 is 8.78 Å². The van der Waals surface area contributed by atoms with Crippen LogP contribution in [0.3, 0.4) is 0 Å². The van der Waals surface area contributed by atoms with E-state index in [0.29, 0.717) is 6.54 Å². The lowest BCUT2D eigenvalue weighted by atomic mass is 10.1. The summed E-state index contributed by atoms with van der Waals surface area (Å²) in [5.41, 5.74) is 6.63. The smallest absolute Gasteiger partial charge is 0.182 e. The van der Waals surface area contributed by atoms with Crippen LogP contribution < -0.4 is 10.6 Å². The second kappa shape index (κ2) is 6.63. The second-order valence-corrected chi connectivity index (χ2v) is 5.22. The summed E-state index contributed by atoms with van der Waals surface area (Å²) < 4.78 is 27.9. The van der Waals surface area contributed by atoms with Gasteiger partial charge in [0, 0.05) is 19.2 Å². The minimum absolute atomic E-state index is 0.0669. The summed E-state index contributed by atoms with van der Waals surface area (Å²) in [5.74, 6) is -1.91. The van der Waals surface area contributed by atoms with Gasteiger partial charge in [0.05, 0.1) is 5.69 Å². The van der Waals surface area contributed by atoms with Crippen LogP contribution in [0.2, 0.25) is 0 Å². The van der Waals surface area contributed by atoms with Gasteiger partial charge < -0.3 is 10.6 Å². The number of rotatable bonds is 5. The maximum Gasteiger partial charge on any atom is 0.182 e. The molecule has 2 aromatic rings. The van der Waals surface area contributed by atoms with Crippen molar-refractivity contribution in [2.45, 2.75) is 6.42 Å². The third kappa shape index (κ3) is 3.55. The molecule has 0 saturated carbocycles. The zero-order valence-corrected chi connectivity index (χ0v) is 12.5. The highest BCUT2D eigenvalue weighted by Gasteiger charge is 2.17. The summed E-state index contributed by atoms with van der Waals surface area (Å²) in [6, 6.07) is 12.8. The average Bonchev–Trinajstić information content (AvgIpc) is 2.48. The van der Waals surface area contributed by atoms with Crippen LogP contribution in [0.5, 0.6) is 0 Å². The molecule has 0 aliphatic carbocycles. The summed E-state index contributed by atoms with van der Waals surface area (Å²) in [6.07, 6.45) is 0.745. The fraction of sp³-hybridized carbons (Fsp3) is 0.188. The van der Waals surface area contributed by atoms with Gasteiger partial charge >= 0.3 is 0 Å². The average molecular weight is 306 g/mol. The number of benzene rings is 2. The molecule has 2 nitrogen and oxygen atoms in total. The van der Waals surface area contributed by atoms with E-state index in [1.54, 1.807) is 11.9 Å². The van der Waals surface area contributed by atoms with Crippen LogP contribution in [0.1, 0.15) is 11.1 Å². The van der Waals surface area contributed by atoms with Crippen molar-refractivity contribution in [2.75, 3.05) is 18.5 Å². The van der Waals surface area contributed by atoms with Crippen LogP contribution >= 0.6 is 12.2 Å². The molecule has 0 aromatic heterocycles. The molecule has 110 valence electrons. The van der Waals surface area contributed by atoms with Crippen molar-refractivity contribution in [1.29, 1.82) is 0 Å². The Bertz CT molecular complexity index is 644. The maximum absolute atomic E-state index is 14.1. The standard InChI is InChI=1S/C16H16F2N2S/c1-20(10-9-11-5-3-2-4-6-11)13-8-7-12(16(19)21)14(17)15(13)18/h2-8H,9-10H2,1H3,(H2,19,21). The Morgan fingerprint density at radius 2 is 1.76 bits per heavy atom. The van der Waals surface area contributed by atoms with E-state index in [1.165, 1.54) is 12.1 Å². The van der Waals surface area contributed by atoms with E-state index < -0.39 is 11.6 Å². The van der Waals surface area contributed by atoms with Crippen LogP contribution in [0.4, 0.5) is 14.5 Å². The fourth-order valence-electron chi connectivity index (χ4n) is 2.09. The Morgan fingerprint density at radius 1 is 1.10 bits per heavy atom. The summed E-state index contributed by atoms with van der Waals surface area (Å²) in [4.78, 5) is 1.53. The van der Waals surface area contributed by atoms with Crippen molar-refractivity contribution in [3.63, 3.8) is 0 Å². The zero-order chi connectivity index (χ0) is 15.4. The summed E-state index contributed by atoms with van der Waals surface area (Å²) in [5, 5.41) is 0. The lowest BCUT2D eigenvalue weighted by molar-refractivity contribution is 0.506. The molecule has 0 aliphatic heterocycles. The van der Waals surface area contributed by atoms with Crippen molar-refractivity contribution >= 4 is 22.9 Å². The third-order valence-electron chi connectivity index (χ3n) is 3.32. The third-order valence-corrected chi connectivity index (χ3v) is 3.54. The minimum Gasteiger partial charge on any atom is -0.389 e. The molecule has 21 heavy (non-hydrogen) atoms. The number of hydrogen-bond donors (Lipinski definition) is 1. The van der Waals surface area contributed by atoms with Gasteiger partial charge in [0.25, 0.3) is 0 Å². The number of anilines is 1. The summed E-state index contributed by atoms with van der Waals surface area (Å²) >= 11 is 4.69. The van der Waals surface area contributed by atoms with Crippen molar-refractivity contribution in [3.05, 3.63) is 65.2 Å². The zero-order valence-electron chi connectivity index (χ0n) is 11.6. The normalized spacial score (nSPS) is 10.4. The first kappa shape index (κ1) is 15.4. The highest BCUT2D eigenvalue weighted by molar-refractivity contribution is 7.80. The lowest BCUT2D eigenvalue weighted by Gasteiger charge is -2.20. The topological polar surface area (TPSA) is 29.3 Å². The molecular weight excluding hydrogens is 290 g/mol. The van der Waals surface area contributed by atoms with Crippen LogP contribution in [0.15, 0.2) is 42.5 Å². The largest absolute Gasteiger partial charge is 0.389 e. The molecule has 0 heterocycles. The highest BCUT2D eigenvalue weighted by Crippen LogP contribution is 2.23. The molecule has 2 aromatic carbocycles. The molecule has 0 fully saturated rings. The van der Waals surface area contributed by atoms with Crippen LogP contribution in [-0.4, -0.2) is 18.6 Å². The molecule has 2 N–H and O–H groups in total.